The number of fused-ring (bicyclic) bond motifs is 1. The van der Waals surface area contributed by atoms with Crippen molar-refractivity contribution in [1.82, 2.24) is 0 Å². The Hall–Kier alpha value is -1.52. The molecule has 0 radical (unpaired) electrons. The highest BCUT2D eigenvalue weighted by Gasteiger charge is 2.29. The molecule has 0 aliphatic carbocycles. The molecule has 0 spiro atoms. The first kappa shape index (κ1) is 8.10. The summed E-state index contributed by atoms with van der Waals surface area (Å²) in [5, 5.41) is 0. The number of carbonyl (C=O) groups excluding carboxylic acids is 1. The highest BCUT2D eigenvalue weighted by molar-refractivity contribution is 5.93. The molecule has 68 valence electrons. The fraction of sp³-hybridized carbons (Fsp3) is 0.125. The predicted octanol–water partition coefficient (Wildman–Crippen LogP) is 1.77. The summed E-state index contributed by atoms with van der Waals surface area (Å²) < 4.78 is 42.5. The number of hydrogen-bond donors (Lipinski definition) is 0. The maximum atomic E-state index is 12.9. The van der Waals surface area contributed by atoms with Gasteiger partial charge in [0.2, 0.25) is 0 Å². The molecule has 1 heterocycles. The van der Waals surface area contributed by atoms with E-state index in [2.05, 4.69) is 4.74 Å². The van der Waals surface area contributed by atoms with Gasteiger partial charge in [-0.15, -0.1) is 0 Å². The summed E-state index contributed by atoms with van der Waals surface area (Å²) in [7, 11) is 0. The van der Waals surface area contributed by atoms with E-state index >= 15 is 0 Å². The van der Waals surface area contributed by atoms with Crippen LogP contribution in [0.5, 0.6) is 0 Å². The molecule has 0 N–H and O–H groups in total. The zero-order valence-electron chi connectivity index (χ0n) is 6.23. The summed E-state index contributed by atoms with van der Waals surface area (Å²) in [6.07, 6.45) is 0. The van der Waals surface area contributed by atoms with Crippen molar-refractivity contribution in [2.75, 3.05) is 0 Å². The molecule has 0 atom stereocenters. The number of rotatable bonds is 0. The van der Waals surface area contributed by atoms with E-state index in [9.17, 15) is 18.0 Å². The second kappa shape index (κ2) is 2.48. The van der Waals surface area contributed by atoms with Crippen molar-refractivity contribution < 1.29 is 22.7 Å². The van der Waals surface area contributed by atoms with Gasteiger partial charge in [0.05, 0.1) is 0 Å². The zero-order valence-corrected chi connectivity index (χ0v) is 6.23. The molecule has 0 saturated carbocycles. The highest BCUT2D eigenvalue weighted by atomic mass is 19.2. The van der Waals surface area contributed by atoms with Crippen LogP contribution in [0.3, 0.4) is 0 Å². The van der Waals surface area contributed by atoms with Gasteiger partial charge in [-0.25, -0.2) is 18.0 Å². The monoisotopic (exact) mass is 188 g/mol. The Balaban J connectivity index is 2.75. The Morgan fingerprint density at radius 2 is 1.92 bits per heavy atom. The number of carbonyl (C=O) groups is 1. The van der Waals surface area contributed by atoms with Crippen molar-refractivity contribution in [3.63, 3.8) is 0 Å². The Bertz CT molecular complexity index is 401. The molecule has 2 rings (SSSR count). The van der Waals surface area contributed by atoms with Gasteiger partial charge in [-0.05, 0) is 6.07 Å². The maximum Gasteiger partial charge on any atom is 0.341 e. The molecule has 1 aliphatic rings. The van der Waals surface area contributed by atoms with Crippen molar-refractivity contribution in [3.05, 3.63) is 34.6 Å². The van der Waals surface area contributed by atoms with E-state index in [1.54, 1.807) is 0 Å². The molecule has 13 heavy (non-hydrogen) atoms. The van der Waals surface area contributed by atoms with Crippen molar-refractivity contribution in [1.29, 1.82) is 0 Å². The average molecular weight is 188 g/mol. The number of cyclic esters (lactones) is 1. The third-order valence-corrected chi connectivity index (χ3v) is 1.81. The standard InChI is InChI=1S/C8H3F3O2/c9-4-1-3-2-13-8(12)5(3)7(11)6(4)10/h1H,2H2. The lowest BCUT2D eigenvalue weighted by molar-refractivity contribution is 0.0531. The van der Waals surface area contributed by atoms with E-state index in [1.807, 2.05) is 0 Å². The zero-order chi connectivity index (χ0) is 9.59. The molecule has 0 unspecified atom stereocenters. The minimum atomic E-state index is -1.64. The molecule has 0 saturated heterocycles. The van der Waals surface area contributed by atoms with Crippen LogP contribution in [-0.2, 0) is 11.3 Å². The van der Waals surface area contributed by atoms with Gasteiger partial charge in [0.1, 0.15) is 12.2 Å². The number of halogens is 3. The number of ether oxygens (including phenoxy) is 1. The van der Waals surface area contributed by atoms with Crippen molar-refractivity contribution in [2.45, 2.75) is 6.61 Å². The fourth-order valence-electron chi connectivity index (χ4n) is 1.19. The highest BCUT2D eigenvalue weighted by Crippen LogP contribution is 2.26. The quantitative estimate of drug-likeness (QED) is 0.458. The number of esters is 1. The summed E-state index contributed by atoms with van der Waals surface area (Å²) in [5.74, 6) is -5.38. The second-order valence-electron chi connectivity index (χ2n) is 2.60. The first-order valence-corrected chi connectivity index (χ1v) is 3.44. The van der Waals surface area contributed by atoms with Crippen molar-refractivity contribution >= 4 is 5.97 Å². The van der Waals surface area contributed by atoms with Crippen LogP contribution < -0.4 is 0 Å². The van der Waals surface area contributed by atoms with Crippen LogP contribution in [0.2, 0.25) is 0 Å². The summed E-state index contributed by atoms with van der Waals surface area (Å²) in [5.41, 5.74) is -0.458. The van der Waals surface area contributed by atoms with E-state index in [-0.39, 0.29) is 12.2 Å². The molecule has 1 aliphatic heterocycles. The van der Waals surface area contributed by atoms with Gasteiger partial charge >= 0.3 is 5.97 Å². The van der Waals surface area contributed by atoms with Crippen LogP contribution in [0.15, 0.2) is 6.07 Å². The van der Waals surface area contributed by atoms with Crippen molar-refractivity contribution in [2.24, 2.45) is 0 Å². The lowest BCUT2D eigenvalue weighted by Gasteiger charge is -1.98. The van der Waals surface area contributed by atoms with E-state index in [1.165, 1.54) is 0 Å². The van der Waals surface area contributed by atoms with Gasteiger partial charge in [-0.2, -0.15) is 0 Å². The van der Waals surface area contributed by atoms with Gasteiger partial charge in [-0.1, -0.05) is 0 Å². The molecule has 1 aromatic rings. The summed E-state index contributed by atoms with van der Waals surface area (Å²) in [6.45, 7) is -0.206. The normalized spacial score (nSPS) is 14.2. The first-order chi connectivity index (χ1) is 6.11. The molecule has 0 amide bonds. The Morgan fingerprint density at radius 3 is 2.62 bits per heavy atom. The van der Waals surface area contributed by atoms with Crippen LogP contribution >= 0.6 is 0 Å². The van der Waals surface area contributed by atoms with E-state index in [0.29, 0.717) is 0 Å². The number of hydrogen-bond acceptors (Lipinski definition) is 2. The van der Waals surface area contributed by atoms with Crippen LogP contribution in [0.25, 0.3) is 0 Å². The van der Waals surface area contributed by atoms with Gasteiger partial charge in [0.25, 0.3) is 0 Å². The van der Waals surface area contributed by atoms with Gasteiger partial charge in [0.15, 0.2) is 17.5 Å². The van der Waals surface area contributed by atoms with Gasteiger partial charge in [-0.3, -0.25) is 0 Å². The second-order valence-corrected chi connectivity index (χ2v) is 2.60. The smallest absolute Gasteiger partial charge is 0.341 e. The molecule has 0 aromatic heterocycles. The minimum Gasteiger partial charge on any atom is -0.457 e. The van der Waals surface area contributed by atoms with E-state index in [0.717, 1.165) is 6.07 Å². The van der Waals surface area contributed by atoms with Crippen LogP contribution in [0.1, 0.15) is 15.9 Å². The van der Waals surface area contributed by atoms with Gasteiger partial charge < -0.3 is 4.74 Å². The summed E-state index contributed by atoms with van der Waals surface area (Å²) in [4.78, 5) is 10.8. The summed E-state index contributed by atoms with van der Waals surface area (Å²) >= 11 is 0. The number of benzene rings is 1. The largest absolute Gasteiger partial charge is 0.457 e. The lowest BCUT2D eigenvalue weighted by Crippen LogP contribution is -2.02. The first-order valence-electron chi connectivity index (χ1n) is 3.44. The lowest BCUT2D eigenvalue weighted by atomic mass is 10.1. The molecule has 1 aromatic carbocycles. The average Bonchev–Trinajstić information content (AvgIpc) is 2.43. The van der Waals surface area contributed by atoms with Gasteiger partial charge in [0, 0.05) is 5.56 Å². The van der Waals surface area contributed by atoms with E-state index < -0.39 is 29.0 Å². The van der Waals surface area contributed by atoms with E-state index in [4.69, 9.17) is 0 Å². The fourth-order valence-corrected chi connectivity index (χ4v) is 1.19. The Morgan fingerprint density at radius 1 is 1.23 bits per heavy atom. The maximum absolute atomic E-state index is 12.9. The minimum absolute atomic E-state index is 0.0430. The predicted molar refractivity (Wildman–Crippen MR) is 35.4 cm³/mol. The molecular formula is C8H3F3O2. The third-order valence-electron chi connectivity index (χ3n) is 1.81. The Labute approximate surface area is 70.9 Å². The van der Waals surface area contributed by atoms with Crippen LogP contribution in [0, 0.1) is 17.5 Å². The van der Waals surface area contributed by atoms with Crippen molar-refractivity contribution in [3.8, 4) is 0 Å². The molecular weight excluding hydrogens is 185 g/mol. The summed E-state index contributed by atoms with van der Waals surface area (Å²) in [6, 6.07) is 0.763. The molecule has 5 heteroatoms. The van der Waals surface area contributed by atoms with Crippen LogP contribution in [0.4, 0.5) is 13.2 Å². The SMILES string of the molecule is O=C1OCc2cc(F)c(F)c(F)c21. The topological polar surface area (TPSA) is 26.3 Å². The van der Waals surface area contributed by atoms with Crippen LogP contribution in [-0.4, -0.2) is 5.97 Å². The molecule has 2 nitrogen and oxygen atoms in total. The Kier molecular flexibility index (Phi) is 1.55. The molecule has 0 fully saturated rings. The molecule has 0 bridgehead atoms. The third kappa shape index (κ3) is 0.998.